The zero-order chi connectivity index (χ0) is 13.9. The SMILES string of the molecule is CNC(Cc1nc2ccccc2o1)c1ccc(I)cc1. The molecule has 102 valence electrons. The molecule has 20 heavy (non-hydrogen) atoms. The molecule has 2 aromatic carbocycles. The molecule has 0 bridgehead atoms. The fourth-order valence-electron chi connectivity index (χ4n) is 2.26. The van der Waals surface area contributed by atoms with E-state index in [9.17, 15) is 0 Å². The minimum absolute atomic E-state index is 0.208. The third-order valence-corrected chi connectivity index (χ3v) is 4.06. The van der Waals surface area contributed by atoms with Gasteiger partial charge in [-0.3, -0.25) is 0 Å². The van der Waals surface area contributed by atoms with Gasteiger partial charge in [-0.25, -0.2) is 4.98 Å². The number of nitrogens with one attached hydrogen (secondary N) is 1. The van der Waals surface area contributed by atoms with E-state index in [-0.39, 0.29) is 6.04 Å². The van der Waals surface area contributed by atoms with Gasteiger partial charge in [0.2, 0.25) is 0 Å². The summed E-state index contributed by atoms with van der Waals surface area (Å²) in [7, 11) is 1.96. The van der Waals surface area contributed by atoms with E-state index >= 15 is 0 Å². The van der Waals surface area contributed by atoms with Crippen LogP contribution >= 0.6 is 22.6 Å². The number of hydrogen-bond donors (Lipinski definition) is 1. The van der Waals surface area contributed by atoms with Crippen LogP contribution in [0.1, 0.15) is 17.5 Å². The third-order valence-electron chi connectivity index (χ3n) is 3.34. The highest BCUT2D eigenvalue weighted by Crippen LogP contribution is 2.22. The Labute approximate surface area is 131 Å². The van der Waals surface area contributed by atoms with Crippen molar-refractivity contribution in [1.82, 2.24) is 10.3 Å². The lowest BCUT2D eigenvalue weighted by molar-refractivity contribution is 0.474. The van der Waals surface area contributed by atoms with E-state index in [1.165, 1.54) is 9.13 Å². The predicted octanol–water partition coefficient (Wildman–Crippen LogP) is 3.94. The van der Waals surface area contributed by atoms with Crippen molar-refractivity contribution in [3.05, 3.63) is 63.6 Å². The Morgan fingerprint density at radius 3 is 2.60 bits per heavy atom. The number of hydrogen-bond acceptors (Lipinski definition) is 3. The summed E-state index contributed by atoms with van der Waals surface area (Å²) in [6.07, 6.45) is 0.742. The van der Waals surface area contributed by atoms with Gasteiger partial charge in [-0.2, -0.15) is 0 Å². The second-order valence-corrected chi connectivity index (χ2v) is 5.92. The molecule has 1 unspecified atom stereocenters. The topological polar surface area (TPSA) is 38.1 Å². The first kappa shape index (κ1) is 13.6. The first-order valence-electron chi connectivity index (χ1n) is 6.53. The fourth-order valence-corrected chi connectivity index (χ4v) is 2.62. The summed E-state index contributed by atoms with van der Waals surface area (Å²) in [4.78, 5) is 4.54. The van der Waals surface area contributed by atoms with Crippen LogP contribution in [0.4, 0.5) is 0 Å². The fraction of sp³-hybridized carbons (Fsp3) is 0.188. The normalized spacial score (nSPS) is 12.7. The van der Waals surface area contributed by atoms with Crippen LogP contribution in [0.25, 0.3) is 11.1 Å². The molecule has 1 atom stereocenters. The maximum Gasteiger partial charge on any atom is 0.197 e. The Morgan fingerprint density at radius 2 is 1.90 bits per heavy atom. The number of oxazole rings is 1. The highest BCUT2D eigenvalue weighted by atomic mass is 127. The Hall–Kier alpha value is -1.40. The van der Waals surface area contributed by atoms with Gasteiger partial charge in [0.05, 0.1) is 0 Å². The van der Waals surface area contributed by atoms with Crippen molar-refractivity contribution in [2.24, 2.45) is 0 Å². The smallest absolute Gasteiger partial charge is 0.197 e. The number of benzene rings is 2. The zero-order valence-corrected chi connectivity index (χ0v) is 13.3. The van der Waals surface area contributed by atoms with E-state index < -0.39 is 0 Å². The highest BCUT2D eigenvalue weighted by Gasteiger charge is 2.14. The van der Waals surface area contributed by atoms with Crippen molar-refractivity contribution in [2.75, 3.05) is 7.05 Å². The van der Waals surface area contributed by atoms with E-state index in [2.05, 4.69) is 57.2 Å². The second kappa shape index (κ2) is 5.93. The molecule has 1 N–H and O–H groups in total. The van der Waals surface area contributed by atoms with Gasteiger partial charge in [-0.15, -0.1) is 0 Å². The van der Waals surface area contributed by atoms with Crippen molar-refractivity contribution in [3.8, 4) is 0 Å². The number of fused-ring (bicyclic) bond motifs is 1. The summed E-state index contributed by atoms with van der Waals surface area (Å²) in [5.74, 6) is 0.768. The summed E-state index contributed by atoms with van der Waals surface area (Å²) >= 11 is 2.31. The van der Waals surface area contributed by atoms with Gasteiger partial charge in [-0.1, -0.05) is 24.3 Å². The third kappa shape index (κ3) is 2.86. The van der Waals surface area contributed by atoms with Gasteiger partial charge in [0.15, 0.2) is 11.5 Å². The average Bonchev–Trinajstić information content (AvgIpc) is 2.88. The van der Waals surface area contributed by atoms with Crippen LogP contribution in [0.5, 0.6) is 0 Å². The molecule has 0 saturated carbocycles. The van der Waals surface area contributed by atoms with E-state index in [0.717, 1.165) is 23.4 Å². The van der Waals surface area contributed by atoms with Gasteiger partial charge in [-0.05, 0) is 59.5 Å². The Bertz CT molecular complexity index is 673. The molecule has 0 amide bonds. The molecular weight excluding hydrogens is 363 g/mol. The zero-order valence-electron chi connectivity index (χ0n) is 11.1. The summed E-state index contributed by atoms with van der Waals surface area (Å²) < 4.78 is 7.03. The molecule has 3 rings (SSSR count). The van der Waals surface area contributed by atoms with Gasteiger partial charge >= 0.3 is 0 Å². The molecule has 0 fully saturated rings. The monoisotopic (exact) mass is 378 g/mol. The average molecular weight is 378 g/mol. The van der Waals surface area contributed by atoms with E-state index in [4.69, 9.17) is 4.42 Å². The molecule has 0 saturated heterocycles. The summed E-state index contributed by atoms with van der Waals surface area (Å²) in [6.45, 7) is 0. The van der Waals surface area contributed by atoms with Crippen molar-refractivity contribution in [1.29, 1.82) is 0 Å². The molecule has 1 heterocycles. The molecule has 3 aromatic rings. The maximum absolute atomic E-state index is 5.79. The van der Waals surface area contributed by atoms with Crippen LogP contribution in [0, 0.1) is 3.57 Å². The molecule has 3 nitrogen and oxygen atoms in total. The van der Waals surface area contributed by atoms with Crippen molar-refractivity contribution < 1.29 is 4.42 Å². The second-order valence-electron chi connectivity index (χ2n) is 4.67. The van der Waals surface area contributed by atoms with E-state index in [1.54, 1.807) is 0 Å². The van der Waals surface area contributed by atoms with Crippen molar-refractivity contribution in [3.63, 3.8) is 0 Å². The lowest BCUT2D eigenvalue weighted by atomic mass is 10.0. The standard InChI is InChI=1S/C16H15IN2O/c1-18-14(11-6-8-12(17)9-7-11)10-16-19-13-4-2-3-5-15(13)20-16/h2-9,14,18H,10H2,1H3. The van der Waals surface area contributed by atoms with Crippen LogP contribution in [0.2, 0.25) is 0 Å². The van der Waals surface area contributed by atoms with E-state index in [0.29, 0.717) is 0 Å². The van der Waals surface area contributed by atoms with Crippen LogP contribution in [0.3, 0.4) is 0 Å². The number of rotatable bonds is 4. The largest absolute Gasteiger partial charge is 0.441 e. The summed E-state index contributed by atoms with van der Waals surface area (Å²) in [5, 5.41) is 3.33. The molecule has 0 aliphatic rings. The van der Waals surface area contributed by atoms with Crippen LogP contribution in [-0.2, 0) is 6.42 Å². The molecule has 0 aliphatic heterocycles. The quantitative estimate of drug-likeness (QED) is 0.699. The van der Waals surface area contributed by atoms with E-state index in [1.807, 2.05) is 31.3 Å². The lowest BCUT2D eigenvalue weighted by Gasteiger charge is -2.14. The predicted molar refractivity (Wildman–Crippen MR) is 88.7 cm³/mol. The first-order chi connectivity index (χ1) is 9.76. The molecule has 4 heteroatoms. The summed E-state index contributed by atoms with van der Waals surface area (Å²) in [6, 6.07) is 16.6. The molecule has 1 aromatic heterocycles. The number of nitrogens with zero attached hydrogens (tertiary/aromatic N) is 1. The summed E-state index contributed by atoms with van der Waals surface area (Å²) in [5.41, 5.74) is 3.01. The van der Waals surface area contributed by atoms with Crippen LogP contribution in [0.15, 0.2) is 52.9 Å². The van der Waals surface area contributed by atoms with Gasteiger partial charge in [0, 0.05) is 16.0 Å². The maximum atomic E-state index is 5.79. The van der Waals surface area contributed by atoms with Gasteiger partial charge in [0.25, 0.3) is 0 Å². The molecule has 0 radical (unpaired) electrons. The molecule has 0 aliphatic carbocycles. The Kier molecular flexibility index (Phi) is 4.03. The minimum Gasteiger partial charge on any atom is -0.441 e. The van der Waals surface area contributed by atoms with Crippen molar-refractivity contribution in [2.45, 2.75) is 12.5 Å². The van der Waals surface area contributed by atoms with Gasteiger partial charge < -0.3 is 9.73 Å². The Morgan fingerprint density at radius 1 is 1.15 bits per heavy atom. The highest BCUT2D eigenvalue weighted by molar-refractivity contribution is 14.1. The minimum atomic E-state index is 0.208. The first-order valence-corrected chi connectivity index (χ1v) is 7.61. The lowest BCUT2D eigenvalue weighted by Crippen LogP contribution is -2.18. The molecule has 0 spiro atoms. The number of aromatic nitrogens is 1. The Balaban J connectivity index is 1.85. The molecular formula is C16H15IN2O. The number of likely N-dealkylation sites (N-methyl/N-ethyl adjacent to an activating group) is 1. The number of halogens is 1. The van der Waals surface area contributed by atoms with Crippen LogP contribution < -0.4 is 5.32 Å². The van der Waals surface area contributed by atoms with Crippen molar-refractivity contribution >= 4 is 33.7 Å². The number of para-hydroxylation sites is 2. The van der Waals surface area contributed by atoms with Gasteiger partial charge in [0.1, 0.15) is 5.52 Å². The van der Waals surface area contributed by atoms with Crippen LogP contribution in [-0.4, -0.2) is 12.0 Å².